The summed E-state index contributed by atoms with van der Waals surface area (Å²) in [6, 6.07) is 0. The molecule has 1 aliphatic heterocycles. The lowest BCUT2D eigenvalue weighted by molar-refractivity contribution is 0.0649. The summed E-state index contributed by atoms with van der Waals surface area (Å²) in [6.07, 6.45) is 3.86. The molecule has 76 valence electrons. The molecule has 0 aromatic carbocycles. The molecule has 0 atom stereocenters. The highest BCUT2D eigenvalue weighted by molar-refractivity contribution is 5.85. The van der Waals surface area contributed by atoms with Crippen LogP contribution in [0.1, 0.15) is 29.0 Å². The maximum atomic E-state index is 10.7. The lowest BCUT2D eigenvalue weighted by Crippen LogP contribution is -2.19. The number of hydrogen-bond acceptors (Lipinski definition) is 4. The number of likely N-dealkylation sites (tertiary alicyclic amines) is 1. The summed E-state index contributed by atoms with van der Waals surface area (Å²) in [5.74, 6) is -1.08. The van der Waals surface area contributed by atoms with Crippen LogP contribution in [0.2, 0.25) is 0 Å². The van der Waals surface area contributed by atoms with E-state index >= 15 is 0 Å². The van der Waals surface area contributed by atoms with E-state index in [1.165, 1.54) is 19.0 Å². The van der Waals surface area contributed by atoms with Gasteiger partial charge in [0.2, 0.25) is 5.76 Å². The Morgan fingerprint density at radius 1 is 1.57 bits per heavy atom. The van der Waals surface area contributed by atoms with E-state index in [9.17, 15) is 4.79 Å². The molecule has 1 aliphatic rings. The molecule has 0 bridgehead atoms. The van der Waals surface area contributed by atoms with E-state index in [0.29, 0.717) is 12.1 Å². The van der Waals surface area contributed by atoms with Crippen LogP contribution in [0.25, 0.3) is 0 Å². The maximum absolute atomic E-state index is 10.7. The number of rotatable bonds is 3. The fraction of sp³-hybridized carbons (Fsp3) is 0.556. The predicted molar refractivity (Wildman–Crippen MR) is 48.0 cm³/mol. The molecule has 1 fully saturated rings. The van der Waals surface area contributed by atoms with Gasteiger partial charge < -0.3 is 9.63 Å². The molecule has 0 radical (unpaired) electrons. The monoisotopic (exact) mass is 196 g/mol. The van der Waals surface area contributed by atoms with Crippen molar-refractivity contribution < 1.29 is 14.4 Å². The summed E-state index contributed by atoms with van der Waals surface area (Å²) in [6.45, 7) is 2.69. The number of aromatic nitrogens is 1. The molecule has 0 spiro atoms. The second-order valence-electron chi connectivity index (χ2n) is 3.47. The highest BCUT2D eigenvalue weighted by Crippen LogP contribution is 2.15. The molecule has 0 unspecified atom stereocenters. The first-order valence-corrected chi connectivity index (χ1v) is 4.66. The van der Waals surface area contributed by atoms with Crippen molar-refractivity contribution in [1.29, 1.82) is 0 Å². The molecule has 1 aromatic heterocycles. The maximum Gasteiger partial charge on any atom is 0.375 e. The summed E-state index contributed by atoms with van der Waals surface area (Å²) in [5, 5.41) is 12.3. The first-order chi connectivity index (χ1) is 6.77. The summed E-state index contributed by atoms with van der Waals surface area (Å²) >= 11 is 0. The highest BCUT2D eigenvalue weighted by atomic mass is 16.5. The zero-order valence-electron chi connectivity index (χ0n) is 7.77. The third-order valence-electron chi connectivity index (χ3n) is 2.43. The smallest absolute Gasteiger partial charge is 0.375 e. The van der Waals surface area contributed by atoms with Crippen LogP contribution in [0, 0.1) is 0 Å². The van der Waals surface area contributed by atoms with Gasteiger partial charge in [0.15, 0.2) is 0 Å². The SMILES string of the molecule is O=C(O)c1oncc1CN1CCCC1. The molecule has 0 saturated carbocycles. The highest BCUT2D eigenvalue weighted by Gasteiger charge is 2.19. The molecular formula is C9H12N2O3. The van der Waals surface area contributed by atoms with E-state index in [1.807, 2.05) is 0 Å². The summed E-state index contributed by atoms with van der Waals surface area (Å²) < 4.78 is 4.66. The van der Waals surface area contributed by atoms with Gasteiger partial charge in [0.1, 0.15) is 0 Å². The van der Waals surface area contributed by atoms with Crippen molar-refractivity contribution in [1.82, 2.24) is 10.1 Å². The van der Waals surface area contributed by atoms with Gasteiger partial charge in [-0.2, -0.15) is 0 Å². The van der Waals surface area contributed by atoms with E-state index in [2.05, 4.69) is 14.6 Å². The number of carbonyl (C=O) groups is 1. The number of nitrogens with zero attached hydrogens (tertiary/aromatic N) is 2. The third kappa shape index (κ3) is 1.77. The van der Waals surface area contributed by atoms with Crippen molar-refractivity contribution in [3.8, 4) is 0 Å². The molecule has 0 amide bonds. The van der Waals surface area contributed by atoms with Crippen LogP contribution in [-0.4, -0.2) is 34.2 Å². The Morgan fingerprint density at radius 3 is 2.93 bits per heavy atom. The molecule has 14 heavy (non-hydrogen) atoms. The van der Waals surface area contributed by atoms with Gasteiger partial charge in [-0.15, -0.1) is 0 Å². The molecular weight excluding hydrogens is 184 g/mol. The standard InChI is InChI=1S/C9H12N2O3/c12-9(13)8-7(5-10-14-8)6-11-3-1-2-4-11/h5H,1-4,6H2,(H,12,13). The molecule has 5 heteroatoms. The van der Waals surface area contributed by atoms with Gasteiger partial charge in [0.25, 0.3) is 0 Å². The zero-order valence-corrected chi connectivity index (χ0v) is 7.77. The van der Waals surface area contributed by atoms with Gasteiger partial charge in [-0.25, -0.2) is 4.79 Å². The Labute approximate surface area is 81.3 Å². The number of carboxylic acids is 1. The van der Waals surface area contributed by atoms with Crippen LogP contribution in [0.3, 0.4) is 0 Å². The van der Waals surface area contributed by atoms with Gasteiger partial charge in [0, 0.05) is 12.1 Å². The van der Waals surface area contributed by atoms with Crippen molar-refractivity contribution >= 4 is 5.97 Å². The van der Waals surface area contributed by atoms with Crippen LogP contribution in [0.5, 0.6) is 0 Å². The van der Waals surface area contributed by atoms with Crippen molar-refractivity contribution in [3.63, 3.8) is 0 Å². The van der Waals surface area contributed by atoms with Gasteiger partial charge in [-0.3, -0.25) is 4.90 Å². The van der Waals surface area contributed by atoms with E-state index < -0.39 is 5.97 Å². The average Bonchev–Trinajstić information content (AvgIpc) is 2.75. The minimum absolute atomic E-state index is 0.0306. The lowest BCUT2D eigenvalue weighted by atomic mass is 10.2. The predicted octanol–water partition coefficient (Wildman–Crippen LogP) is 0.969. The molecule has 2 heterocycles. The van der Waals surface area contributed by atoms with Crippen molar-refractivity contribution in [2.75, 3.05) is 13.1 Å². The van der Waals surface area contributed by atoms with E-state index in [4.69, 9.17) is 5.11 Å². The molecule has 5 nitrogen and oxygen atoms in total. The van der Waals surface area contributed by atoms with E-state index in [-0.39, 0.29) is 5.76 Å². The van der Waals surface area contributed by atoms with E-state index in [1.54, 1.807) is 0 Å². The molecule has 1 saturated heterocycles. The minimum atomic E-state index is -1.04. The Morgan fingerprint density at radius 2 is 2.29 bits per heavy atom. The second-order valence-corrected chi connectivity index (χ2v) is 3.47. The zero-order chi connectivity index (χ0) is 9.97. The van der Waals surface area contributed by atoms with Crippen LogP contribution < -0.4 is 0 Å². The Kier molecular flexibility index (Phi) is 2.49. The van der Waals surface area contributed by atoms with Gasteiger partial charge in [-0.1, -0.05) is 5.16 Å². The fourth-order valence-electron chi connectivity index (χ4n) is 1.73. The third-order valence-corrected chi connectivity index (χ3v) is 2.43. The first kappa shape index (κ1) is 9.21. The summed E-state index contributed by atoms with van der Waals surface area (Å²) in [5.41, 5.74) is 0.666. The molecule has 2 rings (SSSR count). The number of carboxylic acid groups (broad SMARTS) is 1. The minimum Gasteiger partial charge on any atom is -0.475 e. The Hall–Kier alpha value is -1.36. The first-order valence-electron chi connectivity index (χ1n) is 4.66. The van der Waals surface area contributed by atoms with Crippen LogP contribution in [0.15, 0.2) is 10.7 Å². The lowest BCUT2D eigenvalue weighted by Gasteiger charge is -2.12. The van der Waals surface area contributed by atoms with Crippen LogP contribution in [0.4, 0.5) is 0 Å². The average molecular weight is 196 g/mol. The van der Waals surface area contributed by atoms with Crippen molar-refractivity contribution in [2.45, 2.75) is 19.4 Å². The van der Waals surface area contributed by atoms with Gasteiger partial charge >= 0.3 is 5.97 Å². The quantitative estimate of drug-likeness (QED) is 0.780. The van der Waals surface area contributed by atoms with Crippen LogP contribution >= 0.6 is 0 Å². The molecule has 0 aliphatic carbocycles. The Balaban J connectivity index is 2.07. The fourth-order valence-corrected chi connectivity index (χ4v) is 1.73. The largest absolute Gasteiger partial charge is 0.475 e. The van der Waals surface area contributed by atoms with Crippen molar-refractivity contribution in [3.05, 3.63) is 17.5 Å². The number of hydrogen-bond donors (Lipinski definition) is 1. The second kappa shape index (κ2) is 3.79. The van der Waals surface area contributed by atoms with Gasteiger partial charge in [-0.05, 0) is 25.9 Å². The summed E-state index contributed by atoms with van der Waals surface area (Å²) in [7, 11) is 0. The van der Waals surface area contributed by atoms with Crippen molar-refractivity contribution in [2.24, 2.45) is 0 Å². The van der Waals surface area contributed by atoms with E-state index in [0.717, 1.165) is 13.1 Å². The molecule has 1 N–H and O–H groups in total. The normalized spacial score (nSPS) is 17.4. The van der Waals surface area contributed by atoms with Gasteiger partial charge in [0.05, 0.1) is 6.20 Å². The Bertz CT molecular complexity index is 329. The number of aromatic carboxylic acids is 1. The topological polar surface area (TPSA) is 66.6 Å². The van der Waals surface area contributed by atoms with Crippen LogP contribution in [-0.2, 0) is 6.54 Å². The summed E-state index contributed by atoms with van der Waals surface area (Å²) in [4.78, 5) is 12.9. The molecule has 1 aromatic rings.